The molecule has 0 saturated carbocycles. The highest BCUT2D eigenvalue weighted by Gasteiger charge is 2.12. The smallest absolute Gasteiger partial charge is 0.203 e. The van der Waals surface area contributed by atoms with Crippen LogP contribution in [-0.2, 0) is 0 Å². The quantitative estimate of drug-likeness (QED) is 0.474. The largest absolute Gasteiger partial charge is 0.288 e. The number of benzene rings is 2. The Morgan fingerprint density at radius 1 is 1.10 bits per heavy atom. The lowest BCUT2D eigenvalue weighted by molar-refractivity contribution is 0.104. The van der Waals surface area contributed by atoms with Crippen molar-refractivity contribution in [3.8, 4) is 6.07 Å². The highest BCUT2D eigenvalue weighted by molar-refractivity contribution is 6.14. The number of Topliss-reactive ketones (excluding diaryl/α,β-unsaturated/α-hetero) is 1. The molecule has 2 aromatic carbocycles. The average molecular weight is 261 g/mol. The maximum Gasteiger partial charge on any atom is 0.203 e. The van der Waals surface area contributed by atoms with Crippen molar-refractivity contribution in [1.82, 2.24) is 0 Å². The van der Waals surface area contributed by atoms with Gasteiger partial charge in [0.25, 0.3) is 0 Å². The molecule has 0 radical (unpaired) electrons. The molecule has 2 nitrogen and oxygen atoms in total. The van der Waals surface area contributed by atoms with Crippen molar-refractivity contribution in [3.05, 3.63) is 76.4 Å². The number of allylic oxidation sites excluding steroid dienone is 1. The van der Waals surface area contributed by atoms with E-state index in [1.807, 2.05) is 56.3 Å². The van der Waals surface area contributed by atoms with Gasteiger partial charge in [-0.25, -0.2) is 0 Å². The van der Waals surface area contributed by atoms with Crippen molar-refractivity contribution in [3.63, 3.8) is 0 Å². The second-order valence-electron chi connectivity index (χ2n) is 4.73. The van der Waals surface area contributed by atoms with Crippen molar-refractivity contribution in [2.75, 3.05) is 0 Å². The van der Waals surface area contributed by atoms with Gasteiger partial charge >= 0.3 is 0 Å². The molecular formula is C18H15NO. The number of nitrogens with zero attached hydrogens (tertiary/aromatic N) is 1. The number of ketones is 1. The summed E-state index contributed by atoms with van der Waals surface area (Å²) in [6.45, 7) is 3.88. The number of carbonyl (C=O) groups excluding carboxylic acids is 1. The highest BCUT2D eigenvalue weighted by Crippen LogP contribution is 2.16. The van der Waals surface area contributed by atoms with E-state index in [1.165, 1.54) is 0 Å². The predicted molar refractivity (Wildman–Crippen MR) is 80.3 cm³/mol. The fourth-order valence-electron chi connectivity index (χ4n) is 1.99. The summed E-state index contributed by atoms with van der Waals surface area (Å²) >= 11 is 0. The Kier molecular flexibility index (Phi) is 4.12. The molecule has 0 atom stereocenters. The first-order valence-electron chi connectivity index (χ1n) is 6.40. The van der Waals surface area contributed by atoms with Crippen LogP contribution in [0.15, 0.2) is 54.1 Å². The van der Waals surface area contributed by atoms with Crippen LogP contribution in [-0.4, -0.2) is 5.78 Å². The monoisotopic (exact) mass is 261 g/mol. The molecule has 0 aromatic heterocycles. The van der Waals surface area contributed by atoms with Crippen LogP contribution in [0.1, 0.15) is 27.0 Å². The molecule has 0 amide bonds. The van der Waals surface area contributed by atoms with Crippen LogP contribution in [0.4, 0.5) is 0 Å². The van der Waals surface area contributed by atoms with E-state index in [4.69, 9.17) is 0 Å². The van der Waals surface area contributed by atoms with E-state index in [0.29, 0.717) is 5.56 Å². The molecule has 0 aliphatic heterocycles. The number of carbonyl (C=O) groups is 1. The first-order chi connectivity index (χ1) is 9.61. The van der Waals surface area contributed by atoms with Crippen LogP contribution in [0.3, 0.4) is 0 Å². The average Bonchev–Trinajstić information content (AvgIpc) is 2.46. The Hall–Kier alpha value is -2.66. The summed E-state index contributed by atoms with van der Waals surface area (Å²) in [7, 11) is 0. The molecule has 20 heavy (non-hydrogen) atoms. The summed E-state index contributed by atoms with van der Waals surface area (Å²) in [6, 6.07) is 17.0. The second kappa shape index (κ2) is 5.99. The van der Waals surface area contributed by atoms with Gasteiger partial charge in [0.1, 0.15) is 11.6 Å². The van der Waals surface area contributed by atoms with Crippen molar-refractivity contribution < 1.29 is 4.79 Å². The zero-order valence-electron chi connectivity index (χ0n) is 11.6. The van der Waals surface area contributed by atoms with Crippen LogP contribution < -0.4 is 0 Å². The molecule has 0 bridgehead atoms. The van der Waals surface area contributed by atoms with Crippen LogP contribution >= 0.6 is 0 Å². The predicted octanol–water partition coefficient (Wildman–Crippen LogP) is 4.09. The van der Waals surface area contributed by atoms with Gasteiger partial charge in [-0.05, 0) is 37.1 Å². The Balaban J connectivity index is 2.41. The maximum atomic E-state index is 12.4. The van der Waals surface area contributed by atoms with Crippen LogP contribution in [0.25, 0.3) is 6.08 Å². The molecule has 2 rings (SSSR count). The Morgan fingerprint density at radius 2 is 1.85 bits per heavy atom. The molecule has 0 N–H and O–H groups in total. The van der Waals surface area contributed by atoms with E-state index in [1.54, 1.807) is 18.2 Å². The van der Waals surface area contributed by atoms with Gasteiger partial charge < -0.3 is 0 Å². The minimum atomic E-state index is -0.237. The molecule has 0 unspecified atom stereocenters. The zero-order chi connectivity index (χ0) is 14.5. The normalized spacial score (nSPS) is 10.9. The van der Waals surface area contributed by atoms with Gasteiger partial charge in [0.15, 0.2) is 0 Å². The molecule has 0 fully saturated rings. The molecule has 0 saturated heterocycles. The summed E-state index contributed by atoms with van der Waals surface area (Å²) in [5.74, 6) is -0.237. The van der Waals surface area contributed by atoms with Crippen LogP contribution in [0.5, 0.6) is 0 Å². The maximum absolute atomic E-state index is 12.4. The van der Waals surface area contributed by atoms with Gasteiger partial charge in [-0.1, -0.05) is 48.0 Å². The molecule has 2 aromatic rings. The number of rotatable bonds is 3. The van der Waals surface area contributed by atoms with Gasteiger partial charge in [-0.2, -0.15) is 5.26 Å². The Morgan fingerprint density at radius 3 is 2.50 bits per heavy atom. The molecule has 2 heteroatoms. The van der Waals surface area contributed by atoms with Crippen LogP contribution in [0, 0.1) is 25.2 Å². The zero-order valence-corrected chi connectivity index (χ0v) is 11.6. The Labute approximate surface area is 119 Å². The lowest BCUT2D eigenvalue weighted by Crippen LogP contribution is -2.02. The van der Waals surface area contributed by atoms with Gasteiger partial charge in [-0.3, -0.25) is 4.79 Å². The fourth-order valence-corrected chi connectivity index (χ4v) is 1.99. The van der Waals surface area contributed by atoms with Gasteiger partial charge in [0.2, 0.25) is 5.78 Å². The van der Waals surface area contributed by atoms with Crippen molar-refractivity contribution in [2.24, 2.45) is 0 Å². The van der Waals surface area contributed by atoms with Gasteiger partial charge in [0.05, 0.1) is 0 Å². The first kappa shape index (κ1) is 13.8. The number of hydrogen-bond acceptors (Lipinski definition) is 2. The van der Waals surface area contributed by atoms with Gasteiger partial charge in [-0.15, -0.1) is 0 Å². The van der Waals surface area contributed by atoms with Crippen molar-refractivity contribution >= 4 is 11.9 Å². The van der Waals surface area contributed by atoms with E-state index < -0.39 is 0 Å². The molecule has 0 aliphatic carbocycles. The second-order valence-corrected chi connectivity index (χ2v) is 4.73. The van der Waals surface area contributed by atoms with E-state index in [9.17, 15) is 10.1 Å². The standard InChI is InChI=1S/C18H15NO/c1-13-6-5-9-16(10-13)18(20)17(12-19)11-15-8-4-3-7-14(15)2/h3-11H,1-2H3/b17-11+. The lowest BCUT2D eigenvalue weighted by Gasteiger charge is -2.03. The van der Waals surface area contributed by atoms with E-state index in [0.717, 1.165) is 16.7 Å². The lowest BCUT2D eigenvalue weighted by atomic mass is 9.99. The molecule has 98 valence electrons. The molecular weight excluding hydrogens is 246 g/mol. The minimum absolute atomic E-state index is 0.157. The minimum Gasteiger partial charge on any atom is -0.288 e. The third-order valence-corrected chi connectivity index (χ3v) is 3.13. The Bertz CT molecular complexity index is 720. The summed E-state index contributed by atoms with van der Waals surface area (Å²) in [5.41, 5.74) is 3.64. The molecule has 0 spiro atoms. The van der Waals surface area contributed by atoms with E-state index >= 15 is 0 Å². The molecule has 0 aliphatic rings. The van der Waals surface area contributed by atoms with Crippen LogP contribution in [0.2, 0.25) is 0 Å². The summed E-state index contributed by atoms with van der Waals surface area (Å²) in [4.78, 5) is 12.4. The third kappa shape index (κ3) is 3.02. The summed E-state index contributed by atoms with van der Waals surface area (Å²) in [5, 5.41) is 9.24. The fraction of sp³-hybridized carbons (Fsp3) is 0.111. The van der Waals surface area contributed by atoms with Crippen molar-refractivity contribution in [2.45, 2.75) is 13.8 Å². The topological polar surface area (TPSA) is 40.9 Å². The number of hydrogen-bond donors (Lipinski definition) is 0. The highest BCUT2D eigenvalue weighted by atomic mass is 16.1. The van der Waals surface area contributed by atoms with E-state index in [-0.39, 0.29) is 11.4 Å². The number of nitriles is 1. The number of aryl methyl sites for hydroxylation is 2. The third-order valence-electron chi connectivity index (χ3n) is 3.13. The van der Waals surface area contributed by atoms with Gasteiger partial charge in [0, 0.05) is 5.56 Å². The summed E-state index contributed by atoms with van der Waals surface area (Å²) in [6.07, 6.45) is 1.65. The molecule has 0 heterocycles. The van der Waals surface area contributed by atoms with E-state index in [2.05, 4.69) is 0 Å². The first-order valence-corrected chi connectivity index (χ1v) is 6.40. The van der Waals surface area contributed by atoms with Crippen molar-refractivity contribution in [1.29, 1.82) is 5.26 Å². The summed E-state index contributed by atoms with van der Waals surface area (Å²) < 4.78 is 0. The SMILES string of the molecule is Cc1cccc(C(=O)/C(C#N)=C/c2ccccc2C)c1.